The summed E-state index contributed by atoms with van der Waals surface area (Å²) in [6, 6.07) is 0.596. The second-order valence-electron chi connectivity index (χ2n) is 4.84. The number of rotatable bonds is 1. The number of piperazine rings is 1. The molecule has 1 aliphatic rings. The first kappa shape index (κ1) is 14.7. The van der Waals surface area contributed by atoms with Crippen molar-refractivity contribution in [1.82, 2.24) is 10.2 Å². The molecule has 0 spiro atoms. The number of nitrogens with zero attached hydrogens (tertiary/aromatic N) is 1. The standard InChI is InChI=1S/C10H21N3O.ClH/c1-7-6-13(8(2)5-12-7)9(14)10(3,4)11;/h7-8,12H,5-6,11H2,1-4H3;1H. The van der Waals surface area contributed by atoms with Gasteiger partial charge in [-0.05, 0) is 27.7 Å². The molecule has 0 aromatic rings. The van der Waals surface area contributed by atoms with Gasteiger partial charge >= 0.3 is 0 Å². The maximum atomic E-state index is 11.9. The van der Waals surface area contributed by atoms with E-state index in [1.54, 1.807) is 13.8 Å². The molecule has 15 heavy (non-hydrogen) atoms. The highest BCUT2D eigenvalue weighted by molar-refractivity contribution is 5.85. The third-order valence-corrected chi connectivity index (χ3v) is 2.58. The van der Waals surface area contributed by atoms with E-state index in [4.69, 9.17) is 5.73 Å². The number of hydrogen-bond donors (Lipinski definition) is 2. The Balaban J connectivity index is 0.00000196. The Bertz CT molecular complexity index is 227. The lowest BCUT2D eigenvalue weighted by atomic mass is 10.0. The van der Waals surface area contributed by atoms with Crippen LogP contribution in [0.25, 0.3) is 0 Å². The van der Waals surface area contributed by atoms with Gasteiger partial charge in [0, 0.05) is 25.2 Å². The van der Waals surface area contributed by atoms with Gasteiger partial charge in [-0.15, -0.1) is 12.4 Å². The fourth-order valence-electron chi connectivity index (χ4n) is 1.67. The predicted octanol–water partition coefficient (Wildman–Crippen LogP) is 0.354. The zero-order chi connectivity index (χ0) is 10.9. The molecule has 2 unspecified atom stereocenters. The van der Waals surface area contributed by atoms with Gasteiger partial charge in [-0.1, -0.05) is 0 Å². The lowest BCUT2D eigenvalue weighted by Gasteiger charge is -2.40. The average molecular weight is 236 g/mol. The monoisotopic (exact) mass is 235 g/mol. The molecule has 1 amide bonds. The Morgan fingerprint density at radius 3 is 2.47 bits per heavy atom. The van der Waals surface area contributed by atoms with Gasteiger partial charge in [0.1, 0.15) is 0 Å². The lowest BCUT2D eigenvalue weighted by Crippen LogP contribution is -2.62. The first-order chi connectivity index (χ1) is 6.32. The summed E-state index contributed by atoms with van der Waals surface area (Å²) in [6.07, 6.45) is 0. The molecule has 0 bridgehead atoms. The summed E-state index contributed by atoms with van der Waals surface area (Å²) in [5, 5.41) is 3.33. The summed E-state index contributed by atoms with van der Waals surface area (Å²) in [4.78, 5) is 13.8. The summed E-state index contributed by atoms with van der Waals surface area (Å²) in [7, 11) is 0. The fourth-order valence-corrected chi connectivity index (χ4v) is 1.67. The summed E-state index contributed by atoms with van der Waals surface area (Å²) >= 11 is 0. The SMILES string of the molecule is CC1CN(C(=O)C(C)(C)N)C(C)CN1.Cl. The molecule has 0 radical (unpaired) electrons. The molecule has 1 rings (SSSR count). The van der Waals surface area contributed by atoms with Crippen LogP contribution in [0.15, 0.2) is 0 Å². The van der Waals surface area contributed by atoms with E-state index in [0.29, 0.717) is 6.04 Å². The van der Waals surface area contributed by atoms with E-state index in [1.807, 2.05) is 11.8 Å². The van der Waals surface area contributed by atoms with E-state index in [1.165, 1.54) is 0 Å². The third-order valence-electron chi connectivity index (χ3n) is 2.58. The summed E-state index contributed by atoms with van der Waals surface area (Å²) in [5.41, 5.74) is 5.05. The number of carbonyl (C=O) groups excluding carboxylic acids is 1. The number of nitrogens with one attached hydrogen (secondary N) is 1. The second-order valence-corrected chi connectivity index (χ2v) is 4.84. The van der Waals surface area contributed by atoms with Gasteiger partial charge in [-0.25, -0.2) is 0 Å². The smallest absolute Gasteiger partial charge is 0.242 e. The molecule has 4 nitrogen and oxygen atoms in total. The highest BCUT2D eigenvalue weighted by Gasteiger charge is 2.33. The molecule has 1 aliphatic heterocycles. The van der Waals surface area contributed by atoms with Crippen molar-refractivity contribution in [3.8, 4) is 0 Å². The van der Waals surface area contributed by atoms with Crippen LogP contribution in [0, 0.1) is 0 Å². The van der Waals surface area contributed by atoms with Crippen LogP contribution in [0.5, 0.6) is 0 Å². The zero-order valence-corrected chi connectivity index (χ0v) is 10.7. The van der Waals surface area contributed by atoms with Crippen molar-refractivity contribution in [2.45, 2.75) is 45.3 Å². The first-order valence-electron chi connectivity index (χ1n) is 5.15. The second kappa shape index (κ2) is 5.14. The van der Waals surface area contributed by atoms with Crippen LogP contribution < -0.4 is 11.1 Å². The zero-order valence-electron chi connectivity index (χ0n) is 9.91. The van der Waals surface area contributed by atoms with E-state index in [-0.39, 0.29) is 24.4 Å². The molecule has 90 valence electrons. The number of halogens is 1. The predicted molar refractivity (Wildman–Crippen MR) is 64.2 cm³/mol. The summed E-state index contributed by atoms with van der Waals surface area (Å²) in [5.74, 6) is 0.0401. The molecular formula is C10H22ClN3O. The van der Waals surface area contributed by atoms with Crippen molar-refractivity contribution in [3.05, 3.63) is 0 Å². The molecule has 5 heteroatoms. The Morgan fingerprint density at radius 1 is 1.47 bits per heavy atom. The lowest BCUT2D eigenvalue weighted by molar-refractivity contribution is -0.139. The fraction of sp³-hybridized carbons (Fsp3) is 0.900. The van der Waals surface area contributed by atoms with Gasteiger partial charge in [0.2, 0.25) is 5.91 Å². The highest BCUT2D eigenvalue weighted by Crippen LogP contribution is 2.12. The van der Waals surface area contributed by atoms with Crippen molar-refractivity contribution < 1.29 is 4.79 Å². The van der Waals surface area contributed by atoms with Crippen LogP contribution in [-0.2, 0) is 4.79 Å². The minimum Gasteiger partial charge on any atom is -0.336 e. The van der Waals surface area contributed by atoms with Crippen LogP contribution in [0.3, 0.4) is 0 Å². The number of nitrogens with two attached hydrogens (primary N) is 1. The van der Waals surface area contributed by atoms with E-state index >= 15 is 0 Å². The minimum atomic E-state index is -0.759. The molecule has 1 heterocycles. The number of carbonyl (C=O) groups is 1. The highest BCUT2D eigenvalue weighted by atomic mass is 35.5. The van der Waals surface area contributed by atoms with Crippen molar-refractivity contribution >= 4 is 18.3 Å². The number of amides is 1. The van der Waals surface area contributed by atoms with E-state index in [9.17, 15) is 4.79 Å². The molecule has 0 aromatic carbocycles. The summed E-state index contributed by atoms with van der Waals surface area (Å²) in [6.45, 7) is 9.24. The van der Waals surface area contributed by atoms with Crippen molar-refractivity contribution in [3.63, 3.8) is 0 Å². The molecule has 1 fully saturated rings. The van der Waals surface area contributed by atoms with Gasteiger partial charge in [0.05, 0.1) is 5.54 Å². The van der Waals surface area contributed by atoms with Gasteiger partial charge in [0.25, 0.3) is 0 Å². The van der Waals surface area contributed by atoms with Crippen LogP contribution in [-0.4, -0.2) is 41.5 Å². The molecular weight excluding hydrogens is 214 g/mol. The van der Waals surface area contributed by atoms with Crippen LogP contribution in [0.1, 0.15) is 27.7 Å². The third kappa shape index (κ3) is 3.63. The van der Waals surface area contributed by atoms with Crippen molar-refractivity contribution in [2.75, 3.05) is 13.1 Å². The van der Waals surface area contributed by atoms with E-state index in [0.717, 1.165) is 13.1 Å². The maximum Gasteiger partial charge on any atom is 0.242 e. The Kier molecular flexibility index (Phi) is 5.03. The normalized spacial score (nSPS) is 27.1. The van der Waals surface area contributed by atoms with Gasteiger partial charge < -0.3 is 16.0 Å². The Hall–Kier alpha value is -0.320. The van der Waals surface area contributed by atoms with Gasteiger partial charge in [0.15, 0.2) is 0 Å². The minimum absolute atomic E-state index is 0. The first-order valence-corrected chi connectivity index (χ1v) is 5.15. The topological polar surface area (TPSA) is 58.4 Å². The van der Waals surface area contributed by atoms with Gasteiger partial charge in [-0.2, -0.15) is 0 Å². The quantitative estimate of drug-likeness (QED) is 0.690. The van der Waals surface area contributed by atoms with E-state index < -0.39 is 5.54 Å². The van der Waals surface area contributed by atoms with E-state index in [2.05, 4.69) is 12.2 Å². The van der Waals surface area contributed by atoms with Crippen molar-refractivity contribution in [1.29, 1.82) is 0 Å². The summed E-state index contributed by atoms with van der Waals surface area (Å²) < 4.78 is 0. The van der Waals surface area contributed by atoms with Crippen LogP contribution in [0.4, 0.5) is 0 Å². The van der Waals surface area contributed by atoms with Crippen molar-refractivity contribution in [2.24, 2.45) is 5.73 Å². The molecule has 1 saturated heterocycles. The van der Waals surface area contributed by atoms with Crippen LogP contribution >= 0.6 is 12.4 Å². The maximum absolute atomic E-state index is 11.9. The largest absolute Gasteiger partial charge is 0.336 e. The molecule has 0 saturated carbocycles. The average Bonchev–Trinajstić information content (AvgIpc) is 2.06. The molecule has 0 aliphatic carbocycles. The van der Waals surface area contributed by atoms with Gasteiger partial charge in [-0.3, -0.25) is 4.79 Å². The molecule has 2 atom stereocenters. The molecule has 0 aromatic heterocycles. The number of hydrogen-bond acceptors (Lipinski definition) is 3. The Morgan fingerprint density at radius 2 is 2.00 bits per heavy atom. The Labute approximate surface area is 98.0 Å². The van der Waals surface area contributed by atoms with Crippen LogP contribution in [0.2, 0.25) is 0 Å². The molecule has 3 N–H and O–H groups in total.